The Labute approximate surface area is 117 Å². The molecular formula is C14H15ClN2O2. The highest BCUT2D eigenvalue weighted by molar-refractivity contribution is 6.30. The molecule has 0 unspecified atom stereocenters. The molecule has 1 aliphatic heterocycles. The number of hydrogen-bond donors (Lipinski definition) is 0. The van der Waals surface area contributed by atoms with E-state index in [9.17, 15) is 4.79 Å². The molecule has 0 saturated carbocycles. The molecule has 1 aromatic rings. The number of benzene rings is 1. The third-order valence-corrected chi connectivity index (χ3v) is 3.42. The van der Waals surface area contributed by atoms with Crippen molar-refractivity contribution >= 4 is 17.5 Å². The summed E-state index contributed by atoms with van der Waals surface area (Å²) in [6.07, 6.45) is 1.50. The van der Waals surface area contributed by atoms with Crippen molar-refractivity contribution < 1.29 is 9.53 Å². The maximum Gasteiger partial charge on any atom is 0.260 e. The number of carbonyl (C=O) groups excluding carboxylic acids is 1. The van der Waals surface area contributed by atoms with Crippen molar-refractivity contribution in [3.63, 3.8) is 0 Å². The van der Waals surface area contributed by atoms with Crippen LogP contribution >= 0.6 is 11.6 Å². The normalized spacial score (nSPS) is 15.9. The SMILES string of the molecule is N#CC1CCN(C(=O)COc2cccc(Cl)c2)CC1. The van der Waals surface area contributed by atoms with Crippen molar-refractivity contribution in [1.29, 1.82) is 5.26 Å². The van der Waals surface area contributed by atoms with Gasteiger partial charge in [-0.1, -0.05) is 17.7 Å². The van der Waals surface area contributed by atoms with Crippen molar-refractivity contribution in [2.24, 2.45) is 5.92 Å². The first-order chi connectivity index (χ1) is 9.19. The highest BCUT2D eigenvalue weighted by Crippen LogP contribution is 2.18. The van der Waals surface area contributed by atoms with Crippen LogP contribution in [0.2, 0.25) is 5.02 Å². The van der Waals surface area contributed by atoms with Crippen LogP contribution in [-0.2, 0) is 4.79 Å². The van der Waals surface area contributed by atoms with E-state index < -0.39 is 0 Å². The molecule has 0 spiro atoms. The summed E-state index contributed by atoms with van der Waals surface area (Å²) >= 11 is 5.83. The van der Waals surface area contributed by atoms with E-state index in [1.807, 2.05) is 0 Å². The Morgan fingerprint density at radius 3 is 2.84 bits per heavy atom. The number of nitrogens with zero attached hydrogens (tertiary/aromatic N) is 2. The van der Waals surface area contributed by atoms with Gasteiger partial charge in [0.25, 0.3) is 5.91 Å². The zero-order valence-electron chi connectivity index (χ0n) is 10.5. The van der Waals surface area contributed by atoms with Crippen LogP contribution in [-0.4, -0.2) is 30.5 Å². The molecule has 2 rings (SSSR count). The fourth-order valence-electron chi connectivity index (χ4n) is 2.05. The fraction of sp³-hybridized carbons (Fsp3) is 0.429. The maximum absolute atomic E-state index is 11.9. The van der Waals surface area contributed by atoms with Gasteiger partial charge in [-0.15, -0.1) is 0 Å². The van der Waals surface area contributed by atoms with Crippen LogP contribution < -0.4 is 4.74 Å². The van der Waals surface area contributed by atoms with Crippen molar-refractivity contribution in [2.75, 3.05) is 19.7 Å². The predicted octanol–water partition coefficient (Wildman–Crippen LogP) is 2.48. The molecule has 0 N–H and O–H groups in total. The number of likely N-dealkylation sites (tertiary alicyclic amines) is 1. The lowest BCUT2D eigenvalue weighted by molar-refractivity contribution is -0.134. The number of hydrogen-bond acceptors (Lipinski definition) is 3. The lowest BCUT2D eigenvalue weighted by Gasteiger charge is -2.29. The standard InChI is InChI=1S/C14H15ClN2O2/c15-12-2-1-3-13(8-12)19-10-14(18)17-6-4-11(9-16)5-7-17/h1-3,8,11H,4-7,10H2. The van der Waals surface area contributed by atoms with Gasteiger partial charge in [0.05, 0.1) is 6.07 Å². The van der Waals surface area contributed by atoms with Crippen LogP contribution in [0, 0.1) is 17.2 Å². The summed E-state index contributed by atoms with van der Waals surface area (Å²) in [6, 6.07) is 9.22. The van der Waals surface area contributed by atoms with Crippen LogP contribution in [0.5, 0.6) is 5.75 Å². The Balaban J connectivity index is 1.81. The van der Waals surface area contributed by atoms with Gasteiger partial charge in [0.2, 0.25) is 0 Å². The van der Waals surface area contributed by atoms with E-state index in [1.54, 1.807) is 29.2 Å². The van der Waals surface area contributed by atoms with Crippen molar-refractivity contribution in [1.82, 2.24) is 4.90 Å². The zero-order chi connectivity index (χ0) is 13.7. The monoisotopic (exact) mass is 278 g/mol. The first-order valence-corrected chi connectivity index (χ1v) is 6.62. The molecule has 1 saturated heterocycles. The topological polar surface area (TPSA) is 53.3 Å². The number of carbonyl (C=O) groups is 1. The predicted molar refractivity (Wildman–Crippen MR) is 71.9 cm³/mol. The minimum absolute atomic E-state index is 0.0115. The van der Waals surface area contributed by atoms with E-state index in [4.69, 9.17) is 21.6 Å². The van der Waals surface area contributed by atoms with Gasteiger partial charge >= 0.3 is 0 Å². The summed E-state index contributed by atoms with van der Waals surface area (Å²) in [4.78, 5) is 13.7. The van der Waals surface area contributed by atoms with E-state index in [0.717, 1.165) is 12.8 Å². The number of amides is 1. The van der Waals surface area contributed by atoms with Gasteiger partial charge in [-0.25, -0.2) is 0 Å². The van der Waals surface area contributed by atoms with Crippen molar-refractivity contribution in [3.8, 4) is 11.8 Å². The molecule has 0 aromatic heterocycles. The molecule has 0 bridgehead atoms. The van der Waals surface area contributed by atoms with E-state index in [-0.39, 0.29) is 18.4 Å². The van der Waals surface area contributed by atoms with Gasteiger partial charge in [-0.05, 0) is 31.0 Å². The number of piperidine rings is 1. The van der Waals surface area contributed by atoms with Gasteiger partial charge in [0.1, 0.15) is 5.75 Å². The molecule has 0 aliphatic carbocycles. The highest BCUT2D eigenvalue weighted by Gasteiger charge is 2.22. The Morgan fingerprint density at radius 2 is 2.21 bits per heavy atom. The van der Waals surface area contributed by atoms with E-state index >= 15 is 0 Å². The van der Waals surface area contributed by atoms with E-state index in [2.05, 4.69) is 6.07 Å². The van der Waals surface area contributed by atoms with Gasteiger partial charge in [-0.2, -0.15) is 5.26 Å². The summed E-state index contributed by atoms with van der Waals surface area (Å²) in [5.41, 5.74) is 0. The summed E-state index contributed by atoms with van der Waals surface area (Å²) in [6.45, 7) is 1.28. The second kappa shape index (κ2) is 6.44. The molecular weight excluding hydrogens is 264 g/mol. The number of halogens is 1. The minimum Gasteiger partial charge on any atom is -0.484 e. The van der Waals surface area contributed by atoms with Crippen LogP contribution in [0.1, 0.15) is 12.8 Å². The molecule has 1 fully saturated rings. The van der Waals surface area contributed by atoms with Crippen molar-refractivity contribution in [2.45, 2.75) is 12.8 Å². The number of rotatable bonds is 3. The summed E-state index contributed by atoms with van der Waals surface area (Å²) in [7, 11) is 0. The van der Waals surface area contributed by atoms with Crippen LogP contribution in [0.15, 0.2) is 24.3 Å². The Bertz CT molecular complexity index is 490. The third kappa shape index (κ3) is 3.87. The fourth-order valence-corrected chi connectivity index (χ4v) is 2.23. The van der Waals surface area contributed by atoms with Gasteiger partial charge in [0.15, 0.2) is 6.61 Å². The molecule has 0 radical (unpaired) electrons. The Hall–Kier alpha value is -1.73. The van der Waals surface area contributed by atoms with E-state index in [0.29, 0.717) is 23.9 Å². The van der Waals surface area contributed by atoms with E-state index in [1.165, 1.54) is 0 Å². The Morgan fingerprint density at radius 1 is 1.47 bits per heavy atom. The molecule has 5 heteroatoms. The number of ether oxygens (including phenoxy) is 1. The molecule has 4 nitrogen and oxygen atoms in total. The smallest absolute Gasteiger partial charge is 0.260 e. The van der Waals surface area contributed by atoms with Crippen LogP contribution in [0.4, 0.5) is 0 Å². The largest absolute Gasteiger partial charge is 0.484 e. The second-order valence-electron chi connectivity index (χ2n) is 4.53. The average Bonchev–Trinajstić information content (AvgIpc) is 2.45. The quantitative estimate of drug-likeness (QED) is 0.853. The first kappa shape index (κ1) is 13.7. The zero-order valence-corrected chi connectivity index (χ0v) is 11.3. The molecule has 1 aliphatic rings. The molecule has 100 valence electrons. The maximum atomic E-state index is 11.9. The summed E-state index contributed by atoms with van der Waals surface area (Å²) in [5, 5.41) is 9.39. The average molecular weight is 279 g/mol. The lowest BCUT2D eigenvalue weighted by atomic mass is 9.99. The van der Waals surface area contributed by atoms with Crippen LogP contribution in [0.25, 0.3) is 0 Å². The Kier molecular flexibility index (Phi) is 4.64. The molecule has 1 amide bonds. The summed E-state index contributed by atoms with van der Waals surface area (Å²) in [5.74, 6) is 0.627. The molecule has 19 heavy (non-hydrogen) atoms. The molecule has 0 atom stereocenters. The lowest BCUT2D eigenvalue weighted by Crippen LogP contribution is -2.40. The molecule has 1 heterocycles. The van der Waals surface area contributed by atoms with Crippen molar-refractivity contribution in [3.05, 3.63) is 29.3 Å². The third-order valence-electron chi connectivity index (χ3n) is 3.19. The minimum atomic E-state index is -0.0450. The number of nitriles is 1. The summed E-state index contributed by atoms with van der Waals surface area (Å²) < 4.78 is 5.41. The highest BCUT2D eigenvalue weighted by atomic mass is 35.5. The van der Waals surface area contributed by atoms with Crippen LogP contribution in [0.3, 0.4) is 0 Å². The first-order valence-electron chi connectivity index (χ1n) is 6.25. The van der Waals surface area contributed by atoms with Gasteiger partial charge in [0, 0.05) is 24.0 Å². The van der Waals surface area contributed by atoms with Gasteiger partial charge < -0.3 is 9.64 Å². The second-order valence-corrected chi connectivity index (χ2v) is 4.97. The van der Waals surface area contributed by atoms with Gasteiger partial charge in [-0.3, -0.25) is 4.79 Å². The molecule has 1 aromatic carbocycles.